The molecule has 3 aromatic rings. The van der Waals surface area contributed by atoms with E-state index >= 15 is 0 Å². The van der Waals surface area contributed by atoms with Gasteiger partial charge < -0.3 is 23.7 Å². The lowest BCUT2D eigenvalue weighted by Gasteiger charge is -2.23. The second-order valence-electron chi connectivity index (χ2n) is 8.60. The third-order valence-electron chi connectivity index (χ3n) is 5.62. The number of aromatic nitrogens is 6. The largest absolute Gasteiger partial charge is 0.463 e. The van der Waals surface area contributed by atoms with E-state index in [1.54, 1.807) is 6.20 Å². The summed E-state index contributed by atoms with van der Waals surface area (Å²) in [5, 5.41) is 12.6. The second kappa shape index (κ2) is 11.4. The third kappa shape index (κ3) is 6.09. The Morgan fingerprint density at radius 3 is 2.26 bits per heavy atom. The molecule has 0 bridgehead atoms. The van der Waals surface area contributed by atoms with E-state index in [1.165, 1.54) is 11.6 Å². The number of ether oxygens (including phenoxy) is 5. The number of rotatable bonds is 8. The van der Waals surface area contributed by atoms with Crippen molar-refractivity contribution in [1.82, 2.24) is 29.8 Å². The molecule has 1 aliphatic heterocycles. The molecule has 1 saturated heterocycles. The van der Waals surface area contributed by atoms with E-state index in [0.29, 0.717) is 5.69 Å². The van der Waals surface area contributed by atoms with E-state index < -0.39 is 48.4 Å². The van der Waals surface area contributed by atoms with E-state index in [9.17, 15) is 19.2 Å². The highest BCUT2D eigenvalue weighted by Crippen LogP contribution is 2.35. The topological polar surface area (TPSA) is 176 Å². The number of carbonyl (C=O) groups excluding carboxylic acids is 4. The average molecular weight is 543 g/mol. The van der Waals surface area contributed by atoms with Crippen molar-refractivity contribution in [3.05, 3.63) is 41.9 Å². The third-order valence-corrected chi connectivity index (χ3v) is 5.62. The molecule has 0 unspecified atom stereocenters. The lowest BCUT2D eigenvalue weighted by atomic mass is 10.1. The minimum Gasteiger partial charge on any atom is -0.463 e. The molecule has 4 rings (SSSR count). The normalized spacial score (nSPS) is 20.3. The molecular formula is C24H26N6O9. The molecule has 0 amide bonds. The molecule has 15 heteroatoms. The quantitative estimate of drug-likeness (QED) is 0.291. The smallest absolute Gasteiger partial charge is 0.376 e. The summed E-state index contributed by atoms with van der Waals surface area (Å²) in [5.41, 5.74) is 2.40. The molecule has 15 nitrogen and oxygen atoms in total. The van der Waals surface area contributed by atoms with Crippen LogP contribution in [0.1, 0.15) is 43.2 Å². The van der Waals surface area contributed by atoms with E-state index in [4.69, 9.17) is 23.7 Å². The average Bonchev–Trinajstić information content (AvgIpc) is 3.60. The van der Waals surface area contributed by atoms with Gasteiger partial charge in [0.05, 0.1) is 13.3 Å². The molecule has 0 saturated carbocycles. The predicted octanol–water partition coefficient (Wildman–Crippen LogP) is 0.945. The summed E-state index contributed by atoms with van der Waals surface area (Å²) in [4.78, 5) is 52.2. The molecule has 0 spiro atoms. The fourth-order valence-corrected chi connectivity index (χ4v) is 3.92. The summed E-state index contributed by atoms with van der Waals surface area (Å²) >= 11 is 0. The van der Waals surface area contributed by atoms with Crippen LogP contribution >= 0.6 is 0 Å². The van der Waals surface area contributed by atoms with Crippen molar-refractivity contribution in [2.24, 2.45) is 0 Å². The fourth-order valence-electron chi connectivity index (χ4n) is 3.92. The molecule has 3 heterocycles. The standard InChI is InChI=1S/C24H26N6O9/c1-12-6-8-16(9-7-12)17-10-29(28-26-17)24-25-21(23(34)35-5)30(27-24)22-20(38-15(4)33)19(37-14(3)32)18(39-22)11-36-13(2)31/h6-10,18-20,22H,11H2,1-5H3/t18-,19-,20-,22-/m1/s1. The Hall–Kier alpha value is -4.66. The Bertz CT molecular complexity index is 1380. The zero-order chi connectivity index (χ0) is 28.3. The van der Waals surface area contributed by atoms with Crippen LogP contribution < -0.4 is 0 Å². The first-order chi connectivity index (χ1) is 18.6. The van der Waals surface area contributed by atoms with Gasteiger partial charge in [0.25, 0.3) is 5.95 Å². The van der Waals surface area contributed by atoms with Gasteiger partial charge in [-0.05, 0) is 6.92 Å². The number of hydrogen-bond donors (Lipinski definition) is 0. The van der Waals surface area contributed by atoms with Crippen LogP contribution in [0.2, 0.25) is 0 Å². The number of nitrogens with zero attached hydrogens (tertiary/aromatic N) is 6. The van der Waals surface area contributed by atoms with Crippen molar-refractivity contribution >= 4 is 23.9 Å². The second-order valence-corrected chi connectivity index (χ2v) is 8.60. The van der Waals surface area contributed by atoms with Gasteiger partial charge in [0, 0.05) is 26.3 Å². The van der Waals surface area contributed by atoms with Crippen molar-refractivity contribution in [3.63, 3.8) is 0 Å². The van der Waals surface area contributed by atoms with Gasteiger partial charge in [-0.3, -0.25) is 14.4 Å². The maximum atomic E-state index is 12.7. The highest BCUT2D eigenvalue weighted by atomic mass is 16.7. The Morgan fingerprint density at radius 2 is 1.64 bits per heavy atom. The first-order valence-corrected chi connectivity index (χ1v) is 11.7. The molecule has 206 valence electrons. The van der Waals surface area contributed by atoms with E-state index in [0.717, 1.165) is 36.8 Å². The number of aryl methyl sites for hydroxylation is 1. The molecule has 1 aromatic carbocycles. The zero-order valence-electron chi connectivity index (χ0n) is 21.8. The van der Waals surface area contributed by atoms with Crippen LogP contribution in [0.3, 0.4) is 0 Å². The monoisotopic (exact) mass is 542 g/mol. The zero-order valence-corrected chi connectivity index (χ0v) is 21.8. The van der Waals surface area contributed by atoms with Crippen LogP contribution in [-0.4, -0.2) is 85.7 Å². The minimum absolute atomic E-state index is 0.0705. The molecule has 0 radical (unpaired) electrons. The lowest BCUT2D eigenvalue weighted by molar-refractivity contribution is -0.166. The van der Waals surface area contributed by atoms with Gasteiger partial charge in [-0.2, -0.15) is 9.67 Å². The van der Waals surface area contributed by atoms with Crippen LogP contribution in [0, 0.1) is 6.92 Å². The Balaban J connectivity index is 1.75. The molecule has 0 N–H and O–H groups in total. The van der Waals surface area contributed by atoms with Gasteiger partial charge in [0.2, 0.25) is 5.82 Å². The van der Waals surface area contributed by atoms with Gasteiger partial charge in [-0.25, -0.2) is 9.48 Å². The molecule has 4 atom stereocenters. The van der Waals surface area contributed by atoms with Crippen molar-refractivity contribution in [1.29, 1.82) is 0 Å². The first-order valence-electron chi connectivity index (χ1n) is 11.7. The van der Waals surface area contributed by atoms with E-state index in [1.807, 2.05) is 31.2 Å². The van der Waals surface area contributed by atoms with Crippen molar-refractivity contribution in [2.75, 3.05) is 13.7 Å². The van der Waals surface area contributed by atoms with Crippen LogP contribution in [0.4, 0.5) is 0 Å². The van der Waals surface area contributed by atoms with Crippen molar-refractivity contribution in [2.45, 2.75) is 52.2 Å². The predicted molar refractivity (Wildman–Crippen MR) is 128 cm³/mol. The maximum absolute atomic E-state index is 12.7. The van der Waals surface area contributed by atoms with E-state index in [-0.39, 0.29) is 18.4 Å². The van der Waals surface area contributed by atoms with Crippen molar-refractivity contribution < 1.29 is 42.9 Å². The summed E-state index contributed by atoms with van der Waals surface area (Å²) < 4.78 is 28.9. The van der Waals surface area contributed by atoms with Gasteiger partial charge >= 0.3 is 23.9 Å². The van der Waals surface area contributed by atoms with Crippen LogP contribution in [-0.2, 0) is 38.1 Å². The van der Waals surface area contributed by atoms with Crippen molar-refractivity contribution in [3.8, 4) is 17.2 Å². The molecule has 1 aliphatic rings. The number of esters is 4. The van der Waals surface area contributed by atoms with Crippen LogP contribution in [0.25, 0.3) is 17.2 Å². The van der Waals surface area contributed by atoms with Crippen LogP contribution in [0.15, 0.2) is 30.5 Å². The van der Waals surface area contributed by atoms with E-state index in [2.05, 4.69) is 20.4 Å². The summed E-state index contributed by atoms with van der Waals surface area (Å²) in [6.45, 7) is 5.13. The fraction of sp³-hybridized carbons (Fsp3) is 0.417. The Kier molecular flexibility index (Phi) is 7.99. The summed E-state index contributed by atoms with van der Waals surface area (Å²) in [6.07, 6.45) is -3.31. The number of carbonyl (C=O) groups is 4. The summed E-state index contributed by atoms with van der Waals surface area (Å²) in [5.74, 6) is -3.31. The Morgan fingerprint density at radius 1 is 0.974 bits per heavy atom. The van der Waals surface area contributed by atoms with Gasteiger partial charge in [0.15, 0.2) is 18.4 Å². The molecule has 1 fully saturated rings. The molecular weight excluding hydrogens is 516 g/mol. The Labute approximate surface area is 221 Å². The number of hydrogen-bond acceptors (Lipinski definition) is 13. The van der Waals surface area contributed by atoms with Gasteiger partial charge in [0.1, 0.15) is 18.4 Å². The molecule has 0 aliphatic carbocycles. The highest BCUT2D eigenvalue weighted by Gasteiger charge is 2.52. The summed E-state index contributed by atoms with van der Waals surface area (Å²) in [7, 11) is 1.15. The summed E-state index contributed by atoms with van der Waals surface area (Å²) in [6, 6.07) is 7.61. The SMILES string of the molecule is COC(=O)c1nc(-n2cc(-c3ccc(C)cc3)nn2)nn1[C@@H]1O[C@H](COC(C)=O)[C@@H](OC(C)=O)[C@H]1OC(C)=O. The molecule has 2 aromatic heterocycles. The number of methoxy groups -OCH3 is 1. The highest BCUT2D eigenvalue weighted by molar-refractivity contribution is 5.85. The van der Waals surface area contributed by atoms with Crippen LogP contribution in [0.5, 0.6) is 0 Å². The first kappa shape index (κ1) is 27.4. The maximum Gasteiger partial charge on any atom is 0.376 e. The lowest BCUT2D eigenvalue weighted by Crippen LogP contribution is -2.41. The van der Waals surface area contributed by atoms with Gasteiger partial charge in [-0.15, -0.1) is 10.2 Å². The molecule has 39 heavy (non-hydrogen) atoms. The number of benzene rings is 1. The minimum atomic E-state index is -1.32. The van der Waals surface area contributed by atoms with Gasteiger partial charge in [-0.1, -0.05) is 35.0 Å².